The minimum absolute atomic E-state index is 0.0610. The van der Waals surface area contributed by atoms with E-state index >= 15 is 0 Å². The van der Waals surface area contributed by atoms with E-state index in [2.05, 4.69) is 15.6 Å². The summed E-state index contributed by atoms with van der Waals surface area (Å²) in [6, 6.07) is 4.29. The lowest BCUT2D eigenvalue weighted by Gasteiger charge is -2.14. The number of β-amino-alcohol motifs (C(OH)–C–C–N with tert-alkyl or cyclic N) is 1. The van der Waals surface area contributed by atoms with E-state index in [1.54, 1.807) is 6.20 Å². The van der Waals surface area contributed by atoms with E-state index in [-0.39, 0.29) is 17.2 Å². The smallest absolute Gasteiger partial charge is 0.294 e. The molecule has 0 saturated carbocycles. The van der Waals surface area contributed by atoms with Crippen molar-refractivity contribution < 1.29 is 14.8 Å². The minimum Gasteiger partial charge on any atom is -0.391 e. The third-order valence-electron chi connectivity index (χ3n) is 4.05. The molecular weight excluding hydrogens is 314 g/mol. The highest BCUT2D eigenvalue weighted by molar-refractivity contribution is 5.95. The molecule has 2 unspecified atom stereocenters. The van der Waals surface area contributed by atoms with Crippen LogP contribution in [-0.2, 0) is 0 Å². The van der Waals surface area contributed by atoms with Gasteiger partial charge in [-0.3, -0.25) is 14.9 Å². The molecule has 2 aromatic rings. The Kier molecular flexibility index (Phi) is 4.54. The molecular formula is C15H17N5O4. The van der Waals surface area contributed by atoms with Crippen molar-refractivity contribution >= 4 is 11.6 Å². The molecule has 1 fully saturated rings. The van der Waals surface area contributed by atoms with Gasteiger partial charge in [0.1, 0.15) is 5.69 Å². The number of amides is 1. The Labute approximate surface area is 137 Å². The van der Waals surface area contributed by atoms with Gasteiger partial charge in [-0.2, -0.15) is 0 Å². The summed E-state index contributed by atoms with van der Waals surface area (Å²) in [5, 5.41) is 26.8. The van der Waals surface area contributed by atoms with Crippen molar-refractivity contribution in [1.29, 1.82) is 0 Å². The number of aliphatic hydroxyl groups is 1. The van der Waals surface area contributed by atoms with Gasteiger partial charge in [0.15, 0.2) is 0 Å². The quantitative estimate of drug-likeness (QED) is 0.527. The van der Waals surface area contributed by atoms with Crippen LogP contribution in [0.3, 0.4) is 0 Å². The second-order valence-electron chi connectivity index (χ2n) is 5.63. The first-order valence-electron chi connectivity index (χ1n) is 7.50. The molecule has 9 nitrogen and oxygen atoms in total. The Morgan fingerprint density at radius 1 is 1.50 bits per heavy atom. The van der Waals surface area contributed by atoms with Gasteiger partial charge >= 0.3 is 0 Å². The number of nitro benzene ring substituents is 1. The minimum atomic E-state index is -0.531. The van der Waals surface area contributed by atoms with Gasteiger partial charge in [0, 0.05) is 49.6 Å². The van der Waals surface area contributed by atoms with Crippen LogP contribution in [0.25, 0.3) is 5.69 Å². The molecule has 0 aliphatic carbocycles. The van der Waals surface area contributed by atoms with E-state index in [4.69, 9.17) is 0 Å². The molecule has 2 heterocycles. The Morgan fingerprint density at radius 2 is 2.33 bits per heavy atom. The van der Waals surface area contributed by atoms with E-state index in [9.17, 15) is 20.0 Å². The van der Waals surface area contributed by atoms with Crippen LogP contribution < -0.4 is 10.6 Å². The number of hydrogen-bond acceptors (Lipinski definition) is 6. The Morgan fingerprint density at radius 3 is 2.96 bits per heavy atom. The van der Waals surface area contributed by atoms with Gasteiger partial charge < -0.3 is 20.3 Å². The molecule has 3 rings (SSSR count). The highest BCUT2D eigenvalue weighted by Gasteiger charge is 2.25. The normalized spacial score (nSPS) is 20.0. The van der Waals surface area contributed by atoms with Gasteiger partial charge in [-0.1, -0.05) is 0 Å². The fourth-order valence-electron chi connectivity index (χ4n) is 2.68. The molecule has 9 heteroatoms. The maximum absolute atomic E-state index is 12.2. The zero-order chi connectivity index (χ0) is 17.1. The number of benzene rings is 1. The summed E-state index contributed by atoms with van der Waals surface area (Å²) in [7, 11) is 0. The van der Waals surface area contributed by atoms with Crippen molar-refractivity contribution in [3.63, 3.8) is 0 Å². The van der Waals surface area contributed by atoms with Crippen molar-refractivity contribution in [1.82, 2.24) is 20.2 Å². The summed E-state index contributed by atoms with van der Waals surface area (Å²) in [6.07, 6.45) is 4.07. The van der Waals surface area contributed by atoms with Gasteiger partial charge in [0.2, 0.25) is 0 Å². The molecule has 0 bridgehead atoms. The van der Waals surface area contributed by atoms with Crippen molar-refractivity contribution in [3.8, 4) is 5.69 Å². The van der Waals surface area contributed by atoms with Crippen molar-refractivity contribution in [2.75, 3.05) is 19.6 Å². The van der Waals surface area contributed by atoms with Crippen LogP contribution in [-0.4, -0.2) is 51.2 Å². The average Bonchev–Trinajstić information content (AvgIpc) is 3.23. The predicted molar refractivity (Wildman–Crippen MR) is 84.9 cm³/mol. The number of nitro groups is 1. The SMILES string of the molecule is O=C(NCC1CNCC1O)c1ccc(-n2ccnc2)c([N+](=O)[O-])c1. The summed E-state index contributed by atoms with van der Waals surface area (Å²) in [5.74, 6) is -0.469. The number of carbonyl (C=O) groups excluding carboxylic acids is 1. The molecule has 1 aromatic carbocycles. The number of nitrogens with one attached hydrogen (secondary N) is 2. The molecule has 1 saturated heterocycles. The standard InChI is InChI=1S/C15H17N5O4/c21-14-8-17-6-11(14)7-18-15(22)10-1-2-12(13(5-10)20(23)24)19-4-3-16-9-19/h1-5,9,11,14,17,21H,6-8H2,(H,18,22). The van der Waals surface area contributed by atoms with Crippen LogP contribution in [0.4, 0.5) is 5.69 Å². The monoisotopic (exact) mass is 331 g/mol. The molecule has 1 aliphatic heterocycles. The molecule has 2 atom stereocenters. The van der Waals surface area contributed by atoms with Gasteiger partial charge in [-0.15, -0.1) is 0 Å². The van der Waals surface area contributed by atoms with Crippen LogP contribution in [0, 0.1) is 16.0 Å². The van der Waals surface area contributed by atoms with Gasteiger partial charge in [0.25, 0.3) is 11.6 Å². The summed E-state index contributed by atoms with van der Waals surface area (Å²) >= 11 is 0. The zero-order valence-electron chi connectivity index (χ0n) is 12.8. The Hall–Kier alpha value is -2.78. The topological polar surface area (TPSA) is 122 Å². The van der Waals surface area contributed by atoms with E-state index in [1.165, 1.54) is 35.3 Å². The zero-order valence-corrected chi connectivity index (χ0v) is 12.8. The van der Waals surface area contributed by atoms with Crippen LogP contribution in [0.15, 0.2) is 36.9 Å². The summed E-state index contributed by atoms with van der Waals surface area (Å²) < 4.78 is 1.51. The highest BCUT2D eigenvalue weighted by Crippen LogP contribution is 2.24. The molecule has 1 aliphatic rings. The van der Waals surface area contributed by atoms with E-state index in [1.807, 2.05) is 0 Å². The Balaban J connectivity index is 1.77. The van der Waals surface area contributed by atoms with Crippen molar-refractivity contribution in [2.24, 2.45) is 5.92 Å². The summed E-state index contributed by atoms with van der Waals surface area (Å²) in [4.78, 5) is 26.9. The first kappa shape index (κ1) is 16.1. The maximum atomic E-state index is 12.2. The number of imidazole rings is 1. The number of carbonyl (C=O) groups is 1. The molecule has 0 spiro atoms. The van der Waals surface area contributed by atoms with E-state index in [0.717, 1.165) is 0 Å². The summed E-state index contributed by atoms with van der Waals surface area (Å²) in [6.45, 7) is 1.44. The molecule has 1 aromatic heterocycles. The first-order valence-corrected chi connectivity index (χ1v) is 7.50. The third kappa shape index (κ3) is 3.26. The van der Waals surface area contributed by atoms with Crippen LogP contribution >= 0.6 is 0 Å². The van der Waals surface area contributed by atoms with Gasteiger partial charge in [-0.05, 0) is 12.1 Å². The lowest BCUT2D eigenvalue weighted by Crippen LogP contribution is -2.34. The maximum Gasteiger partial charge on any atom is 0.294 e. The van der Waals surface area contributed by atoms with E-state index in [0.29, 0.717) is 25.3 Å². The number of aliphatic hydroxyl groups excluding tert-OH is 1. The van der Waals surface area contributed by atoms with Crippen molar-refractivity contribution in [3.05, 3.63) is 52.6 Å². The molecule has 0 radical (unpaired) electrons. The lowest BCUT2D eigenvalue weighted by molar-refractivity contribution is -0.384. The number of hydrogen-bond donors (Lipinski definition) is 3. The molecule has 1 amide bonds. The van der Waals surface area contributed by atoms with Gasteiger partial charge in [0.05, 0.1) is 17.4 Å². The predicted octanol–water partition coefficient (Wildman–Crippen LogP) is 0.0906. The molecule has 3 N–H and O–H groups in total. The second kappa shape index (κ2) is 6.77. The fraction of sp³-hybridized carbons (Fsp3) is 0.333. The number of nitrogens with zero attached hydrogens (tertiary/aromatic N) is 3. The Bertz CT molecular complexity index is 746. The van der Waals surface area contributed by atoms with Crippen LogP contribution in [0.5, 0.6) is 0 Å². The van der Waals surface area contributed by atoms with Gasteiger partial charge in [-0.25, -0.2) is 4.98 Å². The highest BCUT2D eigenvalue weighted by atomic mass is 16.6. The summed E-state index contributed by atoms with van der Waals surface area (Å²) in [5.41, 5.74) is 0.360. The van der Waals surface area contributed by atoms with Crippen LogP contribution in [0.2, 0.25) is 0 Å². The second-order valence-corrected chi connectivity index (χ2v) is 5.63. The lowest BCUT2D eigenvalue weighted by atomic mass is 10.1. The number of rotatable bonds is 5. The largest absolute Gasteiger partial charge is 0.391 e. The van der Waals surface area contributed by atoms with E-state index < -0.39 is 16.9 Å². The first-order chi connectivity index (χ1) is 11.6. The number of aromatic nitrogens is 2. The average molecular weight is 331 g/mol. The third-order valence-corrected chi connectivity index (χ3v) is 4.05. The van der Waals surface area contributed by atoms with Crippen molar-refractivity contribution in [2.45, 2.75) is 6.10 Å². The van der Waals surface area contributed by atoms with Crippen LogP contribution in [0.1, 0.15) is 10.4 Å². The molecule has 126 valence electrons. The fourth-order valence-corrected chi connectivity index (χ4v) is 2.68. The molecule has 24 heavy (non-hydrogen) atoms.